The summed E-state index contributed by atoms with van der Waals surface area (Å²) in [7, 11) is 0. The molecule has 2 aromatic carbocycles. The van der Waals surface area contributed by atoms with Gasteiger partial charge in [0.1, 0.15) is 5.02 Å². The Morgan fingerprint density at radius 1 is 1.00 bits per heavy atom. The van der Waals surface area contributed by atoms with Gasteiger partial charge in [-0.05, 0) is 92.6 Å². The largest absolute Gasteiger partial charge is 0.339 e. The molecule has 174 valence electrons. The highest BCUT2D eigenvalue weighted by Gasteiger charge is 2.24. The van der Waals surface area contributed by atoms with E-state index in [9.17, 15) is 0 Å². The molecule has 0 bridgehead atoms. The quantitative estimate of drug-likeness (QED) is 0.427. The molecular weight excluding hydrogens is 444 g/mol. The Hall–Kier alpha value is -3.14. The van der Waals surface area contributed by atoms with Gasteiger partial charge in [0.15, 0.2) is 5.82 Å². The molecule has 2 heterocycles. The number of nitrogens with zero attached hydrogens (tertiary/aromatic N) is 4. The highest BCUT2D eigenvalue weighted by molar-refractivity contribution is 6.32. The summed E-state index contributed by atoms with van der Waals surface area (Å²) in [6, 6.07) is 17.2. The van der Waals surface area contributed by atoms with Crippen LogP contribution in [-0.4, -0.2) is 34.0 Å². The SMILES string of the molecule is N#CCc1cccc(Nc2nc(Nc3ccc4c(c3)CCC(N3CCCC3)CC4)ncc2Cl)c1. The fourth-order valence-corrected chi connectivity index (χ4v) is 5.21. The molecule has 0 radical (unpaired) electrons. The van der Waals surface area contributed by atoms with Gasteiger partial charge < -0.3 is 15.5 Å². The van der Waals surface area contributed by atoms with Crippen molar-refractivity contribution in [3.05, 3.63) is 70.4 Å². The first-order valence-corrected chi connectivity index (χ1v) is 12.4. The number of nitrogens with one attached hydrogen (secondary N) is 2. The summed E-state index contributed by atoms with van der Waals surface area (Å²) < 4.78 is 0. The zero-order valence-electron chi connectivity index (χ0n) is 19.2. The minimum atomic E-state index is 0.358. The molecule has 1 unspecified atom stereocenters. The second-order valence-corrected chi connectivity index (χ2v) is 9.54. The van der Waals surface area contributed by atoms with Crippen molar-refractivity contribution in [3.8, 4) is 6.07 Å². The lowest BCUT2D eigenvalue weighted by molar-refractivity contribution is 0.222. The van der Waals surface area contributed by atoms with Crippen molar-refractivity contribution in [2.45, 2.75) is 51.0 Å². The third kappa shape index (κ3) is 5.32. The lowest BCUT2D eigenvalue weighted by atomic mass is 10.0. The number of hydrogen-bond acceptors (Lipinski definition) is 6. The lowest BCUT2D eigenvalue weighted by Gasteiger charge is -2.25. The van der Waals surface area contributed by atoms with Crippen LogP contribution in [0.4, 0.5) is 23.1 Å². The fourth-order valence-electron chi connectivity index (χ4n) is 5.07. The molecule has 1 atom stereocenters. The average Bonchev–Trinajstić information content (AvgIpc) is 3.29. The minimum Gasteiger partial charge on any atom is -0.339 e. The van der Waals surface area contributed by atoms with Gasteiger partial charge in [0.05, 0.1) is 18.7 Å². The predicted molar refractivity (Wildman–Crippen MR) is 137 cm³/mol. The van der Waals surface area contributed by atoms with E-state index in [0.717, 1.165) is 29.8 Å². The molecule has 0 saturated carbocycles. The fraction of sp³-hybridized carbons (Fsp3) is 0.370. The van der Waals surface area contributed by atoms with Crippen LogP contribution in [0.3, 0.4) is 0 Å². The first kappa shape index (κ1) is 22.6. The Kier molecular flexibility index (Phi) is 6.94. The van der Waals surface area contributed by atoms with Crippen LogP contribution in [0.15, 0.2) is 48.7 Å². The average molecular weight is 473 g/mol. The molecule has 1 fully saturated rings. The first-order valence-electron chi connectivity index (χ1n) is 12.1. The smallest absolute Gasteiger partial charge is 0.229 e. The maximum atomic E-state index is 8.95. The first-order chi connectivity index (χ1) is 16.7. The molecule has 2 N–H and O–H groups in total. The van der Waals surface area contributed by atoms with Gasteiger partial charge in [-0.3, -0.25) is 0 Å². The molecule has 5 rings (SSSR count). The molecule has 1 saturated heterocycles. The van der Waals surface area contributed by atoms with Crippen LogP contribution in [0.1, 0.15) is 42.4 Å². The third-order valence-corrected chi connectivity index (χ3v) is 7.11. The Morgan fingerprint density at radius 2 is 1.79 bits per heavy atom. The zero-order valence-corrected chi connectivity index (χ0v) is 20.0. The summed E-state index contributed by atoms with van der Waals surface area (Å²) in [5, 5.41) is 16.0. The standard InChI is InChI=1S/C27H29ClN6/c28-25-18-30-27(33-26(25)31-22-5-3-4-19(16-22)12-13-29)32-23-9-6-20-7-10-24(11-8-21(20)17-23)34-14-1-2-15-34/h3-6,9,16-18,24H,1-2,7-8,10-12,14-15H2,(H2,30,31,32,33). The van der Waals surface area contributed by atoms with Gasteiger partial charge >= 0.3 is 0 Å². The van der Waals surface area contributed by atoms with E-state index in [0.29, 0.717) is 29.3 Å². The van der Waals surface area contributed by atoms with Crippen LogP contribution in [0, 0.1) is 11.3 Å². The number of benzene rings is 2. The summed E-state index contributed by atoms with van der Waals surface area (Å²) in [5.74, 6) is 1.01. The predicted octanol–water partition coefficient (Wildman–Crippen LogP) is 6.03. The number of nitriles is 1. The van der Waals surface area contributed by atoms with E-state index in [1.165, 1.54) is 49.9 Å². The van der Waals surface area contributed by atoms with E-state index >= 15 is 0 Å². The van der Waals surface area contributed by atoms with Gasteiger partial charge in [0.2, 0.25) is 5.95 Å². The third-order valence-electron chi connectivity index (χ3n) is 6.83. The molecule has 6 nitrogen and oxygen atoms in total. The monoisotopic (exact) mass is 472 g/mol. The Bertz CT molecular complexity index is 1200. The Morgan fingerprint density at radius 3 is 2.62 bits per heavy atom. The molecule has 1 aliphatic heterocycles. The molecule has 34 heavy (non-hydrogen) atoms. The van der Waals surface area contributed by atoms with Crippen molar-refractivity contribution < 1.29 is 0 Å². The van der Waals surface area contributed by atoms with E-state index in [-0.39, 0.29) is 0 Å². The molecular formula is C27H29ClN6. The van der Waals surface area contributed by atoms with Gasteiger partial charge in [0.25, 0.3) is 0 Å². The zero-order chi connectivity index (χ0) is 23.3. The molecule has 2 aliphatic rings. The van der Waals surface area contributed by atoms with Gasteiger partial charge in [-0.25, -0.2) is 4.98 Å². The lowest BCUT2D eigenvalue weighted by Crippen LogP contribution is -2.32. The summed E-state index contributed by atoms with van der Waals surface area (Å²) >= 11 is 6.36. The number of halogens is 1. The summed E-state index contributed by atoms with van der Waals surface area (Å²) in [4.78, 5) is 11.7. The van der Waals surface area contributed by atoms with Crippen LogP contribution >= 0.6 is 11.6 Å². The van der Waals surface area contributed by atoms with Gasteiger partial charge in [-0.2, -0.15) is 10.2 Å². The second-order valence-electron chi connectivity index (χ2n) is 9.13. The van der Waals surface area contributed by atoms with Gasteiger partial charge in [-0.1, -0.05) is 29.8 Å². The topological polar surface area (TPSA) is 76.9 Å². The highest BCUT2D eigenvalue weighted by atomic mass is 35.5. The van der Waals surface area contributed by atoms with Crippen molar-refractivity contribution in [1.82, 2.24) is 14.9 Å². The minimum absolute atomic E-state index is 0.358. The number of hydrogen-bond donors (Lipinski definition) is 2. The Labute approximate surface area is 206 Å². The molecule has 1 aromatic heterocycles. The number of rotatable bonds is 6. The number of fused-ring (bicyclic) bond motifs is 1. The van der Waals surface area contributed by atoms with Crippen LogP contribution in [0.2, 0.25) is 5.02 Å². The van der Waals surface area contributed by atoms with E-state index in [2.05, 4.69) is 49.8 Å². The van der Waals surface area contributed by atoms with Crippen molar-refractivity contribution >= 4 is 34.7 Å². The van der Waals surface area contributed by atoms with Crippen LogP contribution in [-0.2, 0) is 19.3 Å². The van der Waals surface area contributed by atoms with E-state index in [4.69, 9.17) is 16.9 Å². The second kappa shape index (κ2) is 10.4. The summed E-state index contributed by atoms with van der Waals surface area (Å²) in [6.45, 7) is 2.53. The molecule has 7 heteroatoms. The highest BCUT2D eigenvalue weighted by Crippen LogP contribution is 2.30. The number of likely N-dealkylation sites (tertiary alicyclic amines) is 1. The van der Waals surface area contributed by atoms with Crippen molar-refractivity contribution in [1.29, 1.82) is 5.26 Å². The van der Waals surface area contributed by atoms with E-state index in [1.54, 1.807) is 6.20 Å². The number of anilines is 4. The molecule has 0 amide bonds. The number of aryl methyl sites for hydroxylation is 2. The molecule has 1 aliphatic carbocycles. The van der Waals surface area contributed by atoms with Gasteiger partial charge in [-0.15, -0.1) is 0 Å². The van der Waals surface area contributed by atoms with E-state index < -0.39 is 0 Å². The van der Waals surface area contributed by atoms with E-state index in [1.807, 2.05) is 24.3 Å². The van der Waals surface area contributed by atoms with Crippen LogP contribution in [0.25, 0.3) is 0 Å². The Balaban J connectivity index is 1.29. The van der Waals surface area contributed by atoms with Crippen molar-refractivity contribution in [2.75, 3.05) is 23.7 Å². The summed E-state index contributed by atoms with van der Waals surface area (Å²) in [6.07, 6.45) is 9.39. The summed E-state index contributed by atoms with van der Waals surface area (Å²) in [5.41, 5.74) is 5.64. The number of aromatic nitrogens is 2. The van der Waals surface area contributed by atoms with Crippen LogP contribution in [0.5, 0.6) is 0 Å². The maximum Gasteiger partial charge on any atom is 0.229 e. The van der Waals surface area contributed by atoms with Gasteiger partial charge in [0, 0.05) is 17.4 Å². The normalized spacial score (nSPS) is 18.1. The molecule has 3 aromatic rings. The molecule has 0 spiro atoms. The van der Waals surface area contributed by atoms with Crippen LogP contribution < -0.4 is 10.6 Å². The van der Waals surface area contributed by atoms with Crippen molar-refractivity contribution in [2.24, 2.45) is 0 Å². The van der Waals surface area contributed by atoms with Crippen molar-refractivity contribution in [3.63, 3.8) is 0 Å². The maximum absolute atomic E-state index is 8.95.